The van der Waals surface area contributed by atoms with E-state index in [2.05, 4.69) is 5.32 Å². The molecule has 3 rings (SSSR count). The lowest BCUT2D eigenvalue weighted by Gasteiger charge is -2.26. The Morgan fingerprint density at radius 3 is 2.33 bits per heavy atom. The maximum Gasteiger partial charge on any atom is 0.225 e. The van der Waals surface area contributed by atoms with Crippen molar-refractivity contribution in [3.05, 3.63) is 65.7 Å². The average Bonchev–Trinajstić information content (AvgIpc) is 3.51. The molecule has 0 aliphatic heterocycles. The lowest BCUT2D eigenvalue weighted by molar-refractivity contribution is -0.133. The monoisotopic (exact) mass is 366 g/mol. The summed E-state index contributed by atoms with van der Waals surface area (Å²) in [7, 11) is 1.64. The maximum absolute atomic E-state index is 13.1. The van der Waals surface area contributed by atoms with Gasteiger partial charge in [0.05, 0.1) is 19.6 Å². The van der Waals surface area contributed by atoms with Gasteiger partial charge in [-0.15, -0.1) is 0 Å². The van der Waals surface area contributed by atoms with Crippen LogP contribution in [0.4, 0.5) is 0 Å². The standard InChI is InChI=1S/C22H26N2O3/c1-16(25)23-21(18-6-4-3-5-7-18)14-22(26)24(19-10-11-19)15-17-8-12-20(27-2)13-9-17/h3-9,12-13,19,21H,10-11,14-15H2,1-2H3,(H,23,25)/t21-/m0/s1. The number of carbonyl (C=O) groups excluding carboxylic acids is 2. The third-order valence-electron chi connectivity index (χ3n) is 4.78. The number of nitrogens with one attached hydrogen (secondary N) is 1. The molecule has 1 N–H and O–H groups in total. The molecule has 1 fully saturated rings. The predicted octanol–water partition coefficient (Wildman–Crippen LogP) is 3.45. The summed E-state index contributed by atoms with van der Waals surface area (Å²) in [5.41, 5.74) is 2.02. The number of carbonyl (C=O) groups is 2. The van der Waals surface area contributed by atoms with Crippen molar-refractivity contribution >= 4 is 11.8 Å². The number of hydrogen-bond acceptors (Lipinski definition) is 3. The fourth-order valence-electron chi connectivity index (χ4n) is 3.21. The van der Waals surface area contributed by atoms with Gasteiger partial charge in [-0.25, -0.2) is 0 Å². The molecule has 5 nitrogen and oxygen atoms in total. The molecular formula is C22H26N2O3. The summed E-state index contributed by atoms with van der Waals surface area (Å²) < 4.78 is 5.20. The summed E-state index contributed by atoms with van der Waals surface area (Å²) in [5, 5.41) is 2.92. The van der Waals surface area contributed by atoms with Gasteiger partial charge in [0, 0.05) is 19.5 Å². The number of hydrogen-bond donors (Lipinski definition) is 1. The summed E-state index contributed by atoms with van der Waals surface area (Å²) in [5.74, 6) is 0.735. The van der Waals surface area contributed by atoms with Gasteiger partial charge in [-0.2, -0.15) is 0 Å². The third-order valence-corrected chi connectivity index (χ3v) is 4.78. The molecule has 142 valence electrons. The fraction of sp³-hybridized carbons (Fsp3) is 0.364. The highest BCUT2D eigenvalue weighted by molar-refractivity contribution is 5.79. The van der Waals surface area contributed by atoms with Crippen LogP contribution in [-0.4, -0.2) is 29.9 Å². The molecule has 1 aliphatic rings. The second-order valence-corrected chi connectivity index (χ2v) is 6.97. The summed E-state index contributed by atoms with van der Waals surface area (Å²) in [4.78, 5) is 26.6. The molecule has 0 saturated heterocycles. The van der Waals surface area contributed by atoms with Crippen LogP contribution in [0.3, 0.4) is 0 Å². The molecule has 0 heterocycles. The summed E-state index contributed by atoms with van der Waals surface area (Å²) in [6.45, 7) is 2.06. The molecule has 0 spiro atoms. The van der Waals surface area contributed by atoms with Crippen LogP contribution in [0, 0.1) is 0 Å². The minimum absolute atomic E-state index is 0.0657. The van der Waals surface area contributed by atoms with Crippen LogP contribution in [0.5, 0.6) is 5.75 Å². The van der Waals surface area contributed by atoms with Crippen LogP contribution >= 0.6 is 0 Å². The van der Waals surface area contributed by atoms with E-state index in [1.165, 1.54) is 6.92 Å². The molecule has 1 atom stereocenters. The van der Waals surface area contributed by atoms with Crippen molar-refractivity contribution in [2.24, 2.45) is 0 Å². The molecule has 2 aromatic carbocycles. The van der Waals surface area contributed by atoms with Gasteiger partial charge >= 0.3 is 0 Å². The molecule has 2 aromatic rings. The normalized spacial score (nSPS) is 14.3. The quantitative estimate of drug-likeness (QED) is 0.778. The lowest BCUT2D eigenvalue weighted by atomic mass is 10.0. The zero-order valence-corrected chi connectivity index (χ0v) is 15.9. The Balaban J connectivity index is 1.72. The minimum Gasteiger partial charge on any atom is -0.497 e. The number of nitrogens with zero attached hydrogens (tertiary/aromatic N) is 1. The van der Waals surface area contributed by atoms with Crippen LogP contribution in [0.1, 0.15) is 43.4 Å². The molecule has 1 saturated carbocycles. The first-order valence-electron chi connectivity index (χ1n) is 9.31. The Morgan fingerprint density at radius 1 is 1.11 bits per heavy atom. The number of benzene rings is 2. The van der Waals surface area contributed by atoms with Gasteiger partial charge < -0.3 is 15.0 Å². The third kappa shape index (κ3) is 5.33. The summed E-state index contributed by atoms with van der Waals surface area (Å²) >= 11 is 0. The Bertz CT molecular complexity index is 770. The van der Waals surface area contributed by atoms with Crippen LogP contribution in [0.15, 0.2) is 54.6 Å². The largest absolute Gasteiger partial charge is 0.497 e. The summed E-state index contributed by atoms with van der Waals surface area (Å²) in [6.07, 6.45) is 2.34. The van der Waals surface area contributed by atoms with Crippen molar-refractivity contribution in [2.75, 3.05) is 7.11 Å². The van der Waals surface area contributed by atoms with E-state index < -0.39 is 0 Å². The molecule has 0 unspecified atom stereocenters. The first-order chi connectivity index (χ1) is 13.1. The Kier molecular flexibility index (Phi) is 6.12. The van der Waals surface area contributed by atoms with E-state index in [4.69, 9.17) is 4.74 Å². The molecule has 1 aliphatic carbocycles. The van der Waals surface area contributed by atoms with E-state index in [0.29, 0.717) is 12.6 Å². The first kappa shape index (κ1) is 19.0. The second-order valence-electron chi connectivity index (χ2n) is 6.97. The molecule has 2 amide bonds. The minimum atomic E-state index is -0.312. The van der Waals surface area contributed by atoms with Crippen molar-refractivity contribution in [1.29, 1.82) is 0 Å². The highest BCUT2D eigenvalue weighted by atomic mass is 16.5. The van der Waals surface area contributed by atoms with Crippen molar-refractivity contribution in [1.82, 2.24) is 10.2 Å². The predicted molar refractivity (Wildman–Crippen MR) is 104 cm³/mol. The Labute approximate surface area is 160 Å². The number of ether oxygens (including phenoxy) is 1. The second kappa shape index (κ2) is 8.71. The van der Waals surface area contributed by atoms with Gasteiger partial charge in [0.15, 0.2) is 0 Å². The molecule has 27 heavy (non-hydrogen) atoms. The van der Waals surface area contributed by atoms with Crippen LogP contribution in [-0.2, 0) is 16.1 Å². The zero-order valence-electron chi connectivity index (χ0n) is 15.9. The van der Waals surface area contributed by atoms with E-state index in [9.17, 15) is 9.59 Å². The topological polar surface area (TPSA) is 58.6 Å². The lowest BCUT2D eigenvalue weighted by Crippen LogP contribution is -2.36. The number of rotatable bonds is 8. The van der Waals surface area contributed by atoms with Gasteiger partial charge in [0.2, 0.25) is 11.8 Å². The van der Waals surface area contributed by atoms with Crippen molar-refractivity contribution in [3.8, 4) is 5.75 Å². The highest BCUT2D eigenvalue weighted by Gasteiger charge is 2.33. The number of amides is 2. The maximum atomic E-state index is 13.1. The Hall–Kier alpha value is -2.82. The van der Waals surface area contributed by atoms with E-state index in [-0.39, 0.29) is 24.3 Å². The van der Waals surface area contributed by atoms with Crippen LogP contribution in [0.2, 0.25) is 0 Å². The highest BCUT2D eigenvalue weighted by Crippen LogP contribution is 2.30. The molecule has 0 bridgehead atoms. The Morgan fingerprint density at radius 2 is 1.78 bits per heavy atom. The number of methoxy groups -OCH3 is 1. The summed E-state index contributed by atoms with van der Waals surface area (Å²) in [6, 6.07) is 17.4. The molecular weight excluding hydrogens is 340 g/mol. The van der Waals surface area contributed by atoms with Crippen molar-refractivity contribution in [2.45, 2.75) is 44.8 Å². The van der Waals surface area contributed by atoms with E-state index in [1.54, 1.807) is 7.11 Å². The van der Waals surface area contributed by atoms with Gasteiger partial charge in [-0.1, -0.05) is 42.5 Å². The van der Waals surface area contributed by atoms with Crippen molar-refractivity contribution in [3.63, 3.8) is 0 Å². The van der Waals surface area contributed by atoms with Gasteiger partial charge in [0.1, 0.15) is 5.75 Å². The smallest absolute Gasteiger partial charge is 0.225 e. The molecule has 0 radical (unpaired) electrons. The average molecular weight is 366 g/mol. The van der Waals surface area contributed by atoms with E-state index >= 15 is 0 Å². The molecule has 0 aromatic heterocycles. The van der Waals surface area contributed by atoms with Gasteiger partial charge in [0.25, 0.3) is 0 Å². The van der Waals surface area contributed by atoms with E-state index in [0.717, 1.165) is 29.7 Å². The van der Waals surface area contributed by atoms with Gasteiger partial charge in [-0.3, -0.25) is 9.59 Å². The van der Waals surface area contributed by atoms with Gasteiger partial charge in [-0.05, 0) is 36.1 Å². The fourth-order valence-corrected chi connectivity index (χ4v) is 3.21. The first-order valence-corrected chi connectivity index (χ1v) is 9.31. The van der Waals surface area contributed by atoms with Crippen LogP contribution < -0.4 is 10.1 Å². The SMILES string of the molecule is COc1ccc(CN(C(=O)C[C@H](NC(C)=O)c2ccccc2)C2CC2)cc1. The molecule has 5 heteroatoms. The van der Waals surface area contributed by atoms with Crippen LogP contribution in [0.25, 0.3) is 0 Å². The van der Waals surface area contributed by atoms with E-state index in [1.807, 2.05) is 59.5 Å². The van der Waals surface area contributed by atoms with Crippen molar-refractivity contribution < 1.29 is 14.3 Å². The zero-order chi connectivity index (χ0) is 19.2.